The summed E-state index contributed by atoms with van der Waals surface area (Å²) in [5.41, 5.74) is 3.90. The quantitative estimate of drug-likeness (QED) is 0.670. The summed E-state index contributed by atoms with van der Waals surface area (Å²) in [5, 5.41) is 0. The Balaban J connectivity index is 1.95. The lowest BCUT2D eigenvalue weighted by Crippen LogP contribution is -1.98. The van der Waals surface area contributed by atoms with E-state index >= 15 is 0 Å². The maximum Gasteiger partial charge on any atom is 0.178 e. The number of rotatable bonds is 3. The molecule has 1 aliphatic carbocycles. The Morgan fingerprint density at radius 3 is 2.32 bits per heavy atom. The van der Waals surface area contributed by atoms with Crippen LogP contribution < -0.4 is 0 Å². The Morgan fingerprint density at radius 1 is 1.00 bits per heavy atom. The monoisotopic (exact) mass is 357 g/mol. The van der Waals surface area contributed by atoms with Crippen molar-refractivity contribution in [3.05, 3.63) is 59.3 Å². The molecule has 1 saturated carbocycles. The van der Waals surface area contributed by atoms with E-state index < -0.39 is 0 Å². The topological polar surface area (TPSA) is 30.7 Å². The van der Waals surface area contributed by atoms with E-state index in [0.717, 1.165) is 40.1 Å². The van der Waals surface area contributed by atoms with E-state index in [-0.39, 0.29) is 5.82 Å². The number of halogens is 2. The average molecular weight is 358 g/mol. The highest BCUT2D eigenvalue weighted by Crippen LogP contribution is 2.44. The third-order valence-corrected chi connectivity index (χ3v) is 4.41. The van der Waals surface area contributed by atoms with Gasteiger partial charge in [-0.1, -0.05) is 0 Å². The van der Waals surface area contributed by atoms with Crippen LogP contribution in [0.1, 0.15) is 18.9 Å². The van der Waals surface area contributed by atoms with Crippen molar-refractivity contribution in [1.29, 1.82) is 0 Å². The predicted octanol–water partition coefficient (Wildman–Crippen LogP) is 4.85. The Bertz CT molecular complexity index is 808. The first-order valence-electron chi connectivity index (χ1n) is 7.18. The van der Waals surface area contributed by atoms with Crippen LogP contribution >= 0.6 is 15.9 Å². The van der Waals surface area contributed by atoms with Crippen LogP contribution in [0, 0.1) is 5.82 Å². The van der Waals surface area contributed by atoms with E-state index in [1.54, 1.807) is 24.5 Å². The number of hydrogen-bond acceptors (Lipinski definition) is 2. The number of nitrogens with zero attached hydrogens (tertiary/aromatic N) is 3. The highest BCUT2D eigenvalue weighted by atomic mass is 79.9. The zero-order valence-corrected chi connectivity index (χ0v) is 13.3. The van der Waals surface area contributed by atoms with Gasteiger partial charge in [0.2, 0.25) is 0 Å². The summed E-state index contributed by atoms with van der Waals surface area (Å²) in [4.78, 5) is 8.78. The second kappa shape index (κ2) is 5.32. The summed E-state index contributed by atoms with van der Waals surface area (Å²) in [7, 11) is 0. The van der Waals surface area contributed by atoms with Crippen molar-refractivity contribution >= 4 is 15.9 Å². The molecule has 1 aromatic carbocycles. The zero-order chi connectivity index (χ0) is 15.1. The maximum atomic E-state index is 13.2. The van der Waals surface area contributed by atoms with Crippen LogP contribution in [0.25, 0.3) is 22.5 Å². The van der Waals surface area contributed by atoms with Gasteiger partial charge in [0.25, 0.3) is 0 Å². The van der Waals surface area contributed by atoms with E-state index in [0.29, 0.717) is 6.04 Å². The van der Waals surface area contributed by atoms with E-state index in [1.165, 1.54) is 12.1 Å². The third-order valence-electron chi connectivity index (χ3n) is 3.85. The van der Waals surface area contributed by atoms with Crippen molar-refractivity contribution in [2.24, 2.45) is 0 Å². The second-order valence-corrected chi connectivity index (χ2v) is 6.13. The molecule has 2 heterocycles. The van der Waals surface area contributed by atoms with Gasteiger partial charge in [-0.2, -0.15) is 0 Å². The van der Waals surface area contributed by atoms with Crippen molar-refractivity contribution in [3.8, 4) is 22.5 Å². The molecule has 1 aliphatic rings. The van der Waals surface area contributed by atoms with Gasteiger partial charge in [-0.15, -0.1) is 0 Å². The minimum atomic E-state index is -0.241. The van der Waals surface area contributed by atoms with E-state index in [9.17, 15) is 4.39 Å². The van der Waals surface area contributed by atoms with Gasteiger partial charge in [-0.25, -0.2) is 9.37 Å². The summed E-state index contributed by atoms with van der Waals surface area (Å²) in [6, 6.07) is 10.9. The molecule has 0 spiro atoms. The molecule has 5 heteroatoms. The number of hydrogen-bond donors (Lipinski definition) is 0. The van der Waals surface area contributed by atoms with Crippen molar-refractivity contribution < 1.29 is 4.39 Å². The largest absolute Gasteiger partial charge is 0.315 e. The molecule has 0 N–H and O–H groups in total. The van der Waals surface area contributed by atoms with Gasteiger partial charge in [-0.05, 0) is 65.2 Å². The first-order valence-corrected chi connectivity index (χ1v) is 7.97. The predicted molar refractivity (Wildman–Crippen MR) is 86.8 cm³/mol. The Labute approximate surface area is 136 Å². The molecule has 0 aliphatic heterocycles. The lowest BCUT2D eigenvalue weighted by Gasteiger charge is -2.10. The van der Waals surface area contributed by atoms with Gasteiger partial charge in [0.15, 0.2) is 4.73 Å². The van der Waals surface area contributed by atoms with Crippen LogP contribution in [0.2, 0.25) is 0 Å². The lowest BCUT2D eigenvalue weighted by atomic mass is 10.1. The van der Waals surface area contributed by atoms with E-state index in [4.69, 9.17) is 0 Å². The van der Waals surface area contributed by atoms with Crippen molar-refractivity contribution in [2.75, 3.05) is 0 Å². The van der Waals surface area contributed by atoms with Crippen LogP contribution in [0.15, 0.2) is 53.5 Å². The molecular weight excluding hydrogens is 345 g/mol. The minimum absolute atomic E-state index is 0.241. The van der Waals surface area contributed by atoms with Gasteiger partial charge in [0.1, 0.15) is 5.82 Å². The first-order chi connectivity index (χ1) is 10.7. The molecule has 0 amide bonds. The molecule has 0 radical (unpaired) electrons. The van der Waals surface area contributed by atoms with Crippen LogP contribution in [0.3, 0.4) is 0 Å². The SMILES string of the molecule is Fc1ccc(-c2nc(Br)n(C3CC3)c2-c2ccncc2)cc1. The molecule has 1 fully saturated rings. The average Bonchev–Trinajstić information content (AvgIpc) is 3.32. The highest BCUT2D eigenvalue weighted by Gasteiger charge is 2.30. The number of imidazole rings is 1. The highest BCUT2D eigenvalue weighted by molar-refractivity contribution is 9.10. The Morgan fingerprint density at radius 2 is 1.68 bits per heavy atom. The third kappa shape index (κ3) is 2.35. The molecule has 3 aromatic rings. The zero-order valence-electron chi connectivity index (χ0n) is 11.7. The number of benzene rings is 1. The van der Waals surface area contributed by atoms with Crippen LogP contribution in [-0.4, -0.2) is 14.5 Å². The Hall–Kier alpha value is -2.01. The van der Waals surface area contributed by atoms with Crippen molar-refractivity contribution in [2.45, 2.75) is 18.9 Å². The maximum absolute atomic E-state index is 13.2. The summed E-state index contributed by atoms with van der Waals surface area (Å²) < 4.78 is 16.3. The molecule has 22 heavy (non-hydrogen) atoms. The Kier molecular flexibility index (Phi) is 3.30. The molecule has 0 unspecified atom stereocenters. The van der Waals surface area contributed by atoms with Gasteiger partial charge >= 0.3 is 0 Å². The fraction of sp³-hybridized carbons (Fsp3) is 0.176. The normalized spacial score (nSPS) is 14.3. The van der Waals surface area contributed by atoms with Gasteiger partial charge < -0.3 is 4.57 Å². The summed E-state index contributed by atoms with van der Waals surface area (Å²) in [5.74, 6) is -0.241. The van der Waals surface area contributed by atoms with E-state index in [1.807, 2.05) is 12.1 Å². The summed E-state index contributed by atoms with van der Waals surface area (Å²) >= 11 is 3.58. The minimum Gasteiger partial charge on any atom is -0.315 e. The standard InChI is InChI=1S/C17H13BrFN3/c18-17-21-15(11-1-3-13(19)4-2-11)16(22(17)14-5-6-14)12-7-9-20-10-8-12/h1-4,7-10,14H,5-6H2. The van der Waals surface area contributed by atoms with Gasteiger partial charge in [-0.3, -0.25) is 4.98 Å². The second-order valence-electron chi connectivity index (χ2n) is 5.42. The first kappa shape index (κ1) is 13.6. The molecular formula is C17H13BrFN3. The summed E-state index contributed by atoms with van der Waals surface area (Å²) in [6.07, 6.45) is 5.88. The van der Waals surface area contributed by atoms with Crippen LogP contribution in [0.5, 0.6) is 0 Å². The van der Waals surface area contributed by atoms with Crippen molar-refractivity contribution in [3.63, 3.8) is 0 Å². The smallest absolute Gasteiger partial charge is 0.178 e. The van der Waals surface area contributed by atoms with Crippen molar-refractivity contribution in [1.82, 2.24) is 14.5 Å². The number of pyridine rings is 1. The molecule has 0 bridgehead atoms. The fourth-order valence-corrected chi connectivity index (χ4v) is 3.31. The molecule has 4 rings (SSSR count). The fourth-order valence-electron chi connectivity index (χ4n) is 2.67. The van der Waals surface area contributed by atoms with Crippen LogP contribution in [-0.2, 0) is 0 Å². The van der Waals surface area contributed by atoms with Gasteiger partial charge in [0, 0.05) is 29.6 Å². The van der Waals surface area contributed by atoms with Crippen LogP contribution in [0.4, 0.5) is 4.39 Å². The molecule has 2 aromatic heterocycles. The lowest BCUT2D eigenvalue weighted by molar-refractivity contribution is 0.628. The molecule has 0 saturated heterocycles. The molecule has 3 nitrogen and oxygen atoms in total. The number of aromatic nitrogens is 3. The summed E-state index contributed by atoms with van der Waals surface area (Å²) in [6.45, 7) is 0. The van der Waals surface area contributed by atoms with E-state index in [2.05, 4.69) is 30.5 Å². The molecule has 0 atom stereocenters. The van der Waals surface area contributed by atoms with Gasteiger partial charge in [0.05, 0.1) is 11.4 Å². The molecule has 110 valence electrons.